The van der Waals surface area contributed by atoms with Crippen LogP contribution in [0.2, 0.25) is 0 Å². The molecule has 21 heteroatoms. The Labute approximate surface area is 307 Å². The Bertz CT molecular complexity index is 1420. The normalized spacial score (nSPS) is 21.9. The highest BCUT2D eigenvalue weighted by Crippen LogP contribution is 2.22. The van der Waals surface area contributed by atoms with Gasteiger partial charge in [-0.05, 0) is 52.4 Å². The standard InChI is InChI=1S/C32H55N11O10/c1-14(2)24(29(51)39-20(8-9-23(46)47)28(50)40-21-11-15(3)43(31(21)53)16(4)26(34)48)41-30(52)25(17(5)44)42-13-18(12-22(42)45)38-27(49)19(33)7-6-10-37-32(35)36/h14-21,24-25,44H,6-13,33H2,1-5H3,(H2,34,48)(H,38,49)(H,39,51)(H,40,50)(H,41,52)(H,46,47)(H4,35,36,37)/t15?,16-,17-,18-,19-,20-,21-,24-,25-/m1/s1. The van der Waals surface area contributed by atoms with Crippen LogP contribution in [0.25, 0.3) is 0 Å². The van der Waals surface area contributed by atoms with Gasteiger partial charge in [0.2, 0.25) is 41.4 Å². The molecule has 1 unspecified atom stereocenters. The minimum atomic E-state index is -1.47. The van der Waals surface area contributed by atoms with E-state index in [-0.39, 0.29) is 44.7 Å². The molecule has 7 amide bonds. The number of amides is 7. The van der Waals surface area contributed by atoms with Crippen LogP contribution in [0.1, 0.15) is 73.1 Å². The van der Waals surface area contributed by atoms with Crippen LogP contribution in [0, 0.1) is 5.92 Å². The van der Waals surface area contributed by atoms with Crippen molar-refractivity contribution in [2.75, 3.05) is 13.1 Å². The number of aliphatic hydroxyl groups excluding tert-OH is 1. The third kappa shape index (κ3) is 12.5. The molecule has 0 aromatic carbocycles. The second-order valence-corrected chi connectivity index (χ2v) is 13.9. The van der Waals surface area contributed by atoms with Gasteiger partial charge in [0.25, 0.3) is 0 Å². The number of likely N-dealkylation sites (tertiary alicyclic amines) is 2. The summed E-state index contributed by atoms with van der Waals surface area (Å²) in [5.41, 5.74) is 21.9. The summed E-state index contributed by atoms with van der Waals surface area (Å²) in [7, 11) is 0. The molecule has 2 saturated heterocycles. The molecule has 9 atom stereocenters. The van der Waals surface area contributed by atoms with E-state index in [0.717, 1.165) is 4.90 Å². The van der Waals surface area contributed by atoms with E-state index < -0.39 is 114 Å². The van der Waals surface area contributed by atoms with Crippen molar-refractivity contribution in [1.82, 2.24) is 31.1 Å². The maximum atomic E-state index is 13.6. The van der Waals surface area contributed by atoms with Gasteiger partial charge in [0.1, 0.15) is 30.2 Å². The molecule has 14 N–H and O–H groups in total. The van der Waals surface area contributed by atoms with Gasteiger partial charge in [0, 0.05) is 32.0 Å². The molecule has 0 saturated carbocycles. The molecular weight excluding hydrogens is 698 g/mol. The lowest BCUT2D eigenvalue weighted by molar-refractivity contribution is -0.143. The first-order valence-electron chi connectivity index (χ1n) is 17.5. The number of carboxylic acid groups (broad SMARTS) is 1. The smallest absolute Gasteiger partial charge is 0.303 e. The number of nitrogens with two attached hydrogens (primary N) is 4. The topological polar surface area (TPSA) is 348 Å². The van der Waals surface area contributed by atoms with E-state index in [1.165, 1.54) is 18.7 Å². The van der Waals surface area contributed by atoms with Crippen molar-refractivity contribution in [1.29, 1.82) is 0 Å². The summed E-state index contributed by atoms with van der Waals surface area (Å²) in [4.78, 5) is 109. The molecule has 0 aliphatic carbocycles. The highest BCUT2D eigenvalue weighted by atomic mass is 16.4. The Kier molecular flexibility index (Phi) is 16.4. The molecule has 2 aliphatic rings. The zero-order valence-electron chi connectivity index (χ0n) is 30.7. The first kappa shape index (κ1) is 44.1. The monoisotopic (exact) mass is 753 g/mol. The Hall–Kier alpha value is -5.05. The quantitative estimate of drug-likeness (QED) is 0.0318. The number of nitrogens with zero attached hydrogens (tertiary/aromatic N) is 3. The molecule has 2 heterocycles. The van der Waals surface area contributed by atoms with Crippen LogP contribution in [-0.2, 0) is 38.4 Å². The lowest BCUT2D eigenvalue weighted by Crippen LogP contribution is -2.61. The Morgan fingerprint density at radius 2 is 1.57 bits per heavy atom. The molecule has 21 nitrogen and oxygen atoms in total. The minimum absolute atomic E-state index is 0.0910. The summed E-state index contributed by atoms with van der Waals surface area (Å²) < 4.78 is 0. The number of hydrogen-bond acceptors (Lipinski definition) is 11. The summed E-state index contributed by atoms with van der Waals surface area (Å²) in [6, 6.07) is -8.37. The second kappa shape index (κ2) is 19.7. The highest BCUT2D eigenvalue weighted by molar-refractivity contribution is 5.97. The number of carbonyl (C=O) groups is 8. The van der Waals surface area contributed by atoms with Gasteiger partial charge < -0.3 is 64.2 Å². The fourth-order valence-electron chi connectivity index (χ4n) is 6.30. The van der Waals surface area contributed by atoms with Gasteiger partial charge in [0.15, 0.2) is 5.96 Å². The van der Waals surface area contributed by atoms with Crippen LogP contribution in [0.3, 0.4) is 0 Å². The molecule has 0 aromatic heterocycles. The van der Waals surface area contributed by atoms with Crippen LogP contribution >= 0.6 is 0 Å². The van der Waals surface area contributed by atoms with Crippen molar-refractivity contribution in [2.45, 2.75) is 128 Å². The van der Waals surface area contributed by atoms with E-state index in [0.29, 0.717) is 6.42 Å². The van der Waals surface area contributed by atoms with Crippen LogP contribution < -0.4 is 44.2 Å². The third-order valence-electron chi connectivity index (χ3n) is 9.15. The molecule has 53 heavy (non-hydrogen) atoms. The number of carbonyl (C=O) groups excluding carboxylic acids is 7. The summed E-state index contributed by atoms with van der Waals surface area (Å²) in [5, 5.41) is 30.1. The number of aliphatic imine (C=N–C) groups is 1. The number of aliphatic hydroxyl groups is 1. The predicted octanol–water partition coefficient (Wildman–Crippen LogP) is -4.70. The van der Waals surface area contributed by atoms with Crippen molar-refractivity contribution in [3.63, 3.8) is 0 Å². The van der Waals surface area contributed by atoms with Crippen LogP contribution in [0.15, 0.2) is 4.99 Å². The second-order valence-electron chi connectivity index (χ2n) is 13.9. The maximum Gasteiger partial charge on any atom is 0.303 e. The third-order valence-corrected chi connectivity index (χ3v) is 9.15. The first-order chi connectivity index (χ1) is 24.7. The number of carboxylic acids is 1. The number of nitrogens with one attached hydrogen (secondary N) is 4. The fraction of sp³-hybridized carbons (Fsp3) is 0.719. The lowest BCUT2D eigenvalue weighted by atomic mass is 10.0. The van der Waals surface area contributed by atoms with Crippen molar-refractivity contribution in [3.8, 4) is 0 Å². The molecular formula is C32H55N11O10. The average molecular weight is 754 g/mol. The van der Waals surface area contributed by atoms with Gasteiger partial charge in [-0.3, -0.25) is 43.3 Å². The summed E-state index contributed by atoms with van der Waals surface area (Å²) in [6.45, 7) is 7.72. The van der Waals surface area contributed by atoms with Gasteiger partial charge in [0.05, 0.1) is 18.2 Å². The van der Waals surface area contributed by atoms with E-state index in [9.17, 15) is 48.6 Å². The SMILES string of the molecule is CC(C)[C@@H](NC(=O)[C@@H]([C@@H](C)O)N1C[C@H](NC(=O)[C@H](N)CCCN=C(N)N)CC1=O)C(=O)N[C@H](CCC(=O)O)C(=O)N[C@@H]1CC(C)N([C@H](C)C(N)=O)C1=O. The molecule has 298 valence electrons. The zero-order chi connectivity index (χ0) is 40.3. The van der Waals surface area contributed by atoms with Crippen LogP contribution in [0.4, 0.5) is 0 Å². The van der Waals surface area contributed by atoms with Crippen molar-refractivity contribution in [2.24, 2.45) is 33.8 Å². The molecule has 2 aliphatic heterocycles. The lowest BCUT2D eigenvalue weighted by Gasteiger charge is -2.32. The van der Waals surface area contributed by atoms with Crippen molar-refractivity contribution < 1.29 is 48.6 Å². The Morgan fingerprint density at radius 3 is 2.11 bits per heavy atom. The Morgan fingerprint density at radius 1 is 0.925 bits per heavy atom. The number of rotatable bonds is 20. The van der Waals surface area contributed by atoms with Gasteiger partial charge in [-0.25, -0.2) is 0 Å². The summed E-state index contributed by atoms with van der Waals surface area (Å²) in [5.74, 6) is -6.97. The van der Waals surface area contributed by atoms with E-state index in [4.69, 9.17) is 22.9 Å². The zero-order valence-corrected chi connectivity index (χ0v) is 30.7. The first-order valence-corrected chi connectivity index (χ1v) is 17.5. The van der Waals surface area contributed by atoms with Crippen molar-refractivity contribution in [3.05, 3.63) is 0 Å². The molecule has 2 fully saturated rings. The number of aliphatic carboxylic acids is 1. The number of primary amides is 1. The molecule has 0 spiro atoms. The Balaban J connectivity index is 2.15. The van der Waals surface area contributed by atoms with Gasteiger partial charge in [-0.15, -0.1) is 0 Å². The number of guanidine groups is 1. The van der Waals surface area contributed by atoms with E-state index in [2.05, 4.69) is 26.3 Å². The molecule has 2 rings (SSSR count). The average Bonchev–Trinajstić information content (AvgIpc) is 3.54. The summed E-state index contributed by atoms with van der Waals surface area (Å²) in [6.07, 6.45) is -1.68. The molecule has 0 bridgehead atoms. The summed E-state index contributed by atoms with van der Waals surface area (Å²) >= 11 is 0. The largest absolute Gasteiger partial charge is 0.481 e. The van der Waals surface area contributed by atoms with E-state index in [1.807, 2.05) is 0 Å². The van der Waals surface area contributed by atoms with Gasteiger partial charge >= 0.3 is 5.97 Å². The highest BCUT2D eigenvalue weighted by Gasteiger charge is 2.44. The minimum Gasteiger partial charge on any atom is -0.481 e. The molecule has 0 aromatic rings. The molecule has 0 radical (unpaired) electrons. The van der Waals surface area contributed by atoms with E-state index >= 15 is 0 Å². The van der Waals surface area contributed by atoms with Gasteiger partial charge in [-0.2, -0.15) is 0 Å². The van der Waals surface area contributed by atoms with E-state index in [1.54, 1.807) is 20.8 Å². The van der Waals surface area contributed by atoms with Gasteiger partial charge in [-0.1, -0.05) is 13.8 Å². The van der Waals surface area contributed by atoms with Crippen LogP contribution in [0.5, 0.6) is 0 Å². The fourth-order valence-corrected chi connectivity index (χ4v) is 6.30. The van der Waals surface area contributed by atoms with Crippen LogP contribution in [-0.4, -0.2) is 141 Å². The number of hydrogen-bond donors (Lipinski definition) is 10. The maximum absolute atomic E-state index is 13.6. The predicted molar refractivity (Wildman–Crippen MR) is 189 cm³/mol. The van der Waals surface area contributed by atoms with Crippen molar-refractivity contribution >= 4 is 53.3 Å².